The monoisotopic (exact) mass is 259 g/mol. The smallest absolute Gasteiger partial charge is 0.352 e. The quantitative estimate of drug-likeness (QED) is 0.728. The largest absolute Gasteiger partial charge is 0.378 e. The van der Waals surface area contributed by atoms with Crippen molar-refractivity contribution >= 4 is 17.5 Å². The first-order valence-corrected chi connectivity index (χ1v) is 6.10. The number of aromatic nitrogens is 2. The number of aldehydes is 1. The van der Waals surface area contributed by atoms with Crippen molar-refractivity contribution in [2.75, 3.05) is 31.2 Å². The molecular formula is C13H13N3O3. The summed E-state index contributed by atoms with van der Waals surface area (Å²) in [4.78, 5) is 28.9. The van der Waals surface area contributed by atoms with Crippen molar-refractivity contribution in [2.24, 2.45) is 0 Å². The van der Waals surface area contributed by atoms with Crippen LogP contribution < -0.4 is 10.6 Å². The molecule has 19 heavy (non-hydrogen) atoms. The summed E-state index contributed by atoms with van der Waals surface area (Å²) in [6.45, 7) is 2.59. The fourth-order valence-electron chi connectivity index (χ4n) is 2.34. The minimum atomic E-state index is -0.435. The van der Waals surface area contributed by atoms with Gasteiger partial charge in [0.25, 0.3) is 0 Å². The lowest BCUT2D eigenvalue weighted by molar-refractivity contribution is 0.111. The van der Waals surface area contributed by atoms with Crippen molar-refractivity contribution < 1.29 is 9.53 Å². The number of hydrogen-bond acceptors (Lipinski definition) is 5. The van der Waals surface area contributed by atoms with E-state index in [0.29, 0.717) is 43.8 Å². The summed E-state index contributed by atoms with van der Waals surface area (Å²) in [5.41, 5.74) is 1.16. The number of fused-ring (bicyclic) bond motifs is 1. The van der Waals surface area contributed by atoms with Crippen molar-refractivity contribution in [3.8, 4) is 0 Å². The molecular weight excluding hydrogens is 246 g/mol. The molecule has 0 aromatic carbocycles. The number of carbonyl (C=O) groups is 1. The molecule has 6 nitrogen and oxygen atoms in total. The second-order valence-electron chi connectivity index (χ2n) is 4.30. The number of ether oxygens (including phenoxy) is 1. The molecule has 1 aliphatic heterocycles. The normalized spacial score (nSPS) is 15.7. The number of pyridine rings is 1. The molecule has 1 saturated heterocycles. The molecule has 2 aromatic rings. The molecule has 0 spiro atoms. The highest BCUT2D eigenvalue weighted by molar-refractivity contribution is 5.89. The van der Waals surface area contributed by atoms with E-state index in [1.807, 2.05) is 17.0 Å². The standard InChI is InChI=1S/C13H13N3O3/c17-9-10-12(15-5-7-19-8-6-15)11-3-1-2-4-16(11)13(18)14-10/h1-4,9H,5-8H2. The first kappa shape index (κ1) is 11.9. The number of anilines is 1. The van der Waals surface area contributed by atoms with Crippen LogP contribution in [0.2, 0.25) is 0 Å². The number of carbonyl (C=O) groups excluding carboxylic acids is 1. The van der Waals surface area contributed by atoms with E-state index in [9.17, 15) is 9.59 Å². The van der Waals surface area contributed by atoms with E-state index in [0.717, 1.165) is 0 Å². The van der Waals surface area contributed by atoms with Gasteiger partial charge in [-0.15, -0.1) is 0 Å². The summed E-state index contributed by atoms with van der Waals surface area (Å²) in [5, 5.41) is 0. The fourth-order valence-corrected chi connectivity index (χ4v) is 2.34. The van der Waals surface area contributed by atoms with Gasteiger partial charge in [-0.1, -0.05) is 6.07 Å². The third-order valence-electron chi connectivity index (χ3n) is 3.21. The zero-order valence-electron chi connectivity index (χ0n) is 10.3. The first-order chi connectivity index (χ1) is 9.31. The summed E-state index contributed by atoms with van der Waals surface area (Å²) < 4.78 is 6.77. The molecule has 0 atom stereocenters. The van der Waals surface area contributed by atoms with E-state index in [-0.39, 0.29) is 5.69 Å². The Kier molecular flexibility index (Phi) is 3.00. The molecule has 3 rings (SSSR count). The molecule has 0 N–H and O–H groups in total. The Hall–Kier alpha value is -2.21. The van der Waals surface area contributed by atoms with Gasteiger partial charge < -0.3 is 9.64 Å². The molecule has 0 aliphatic carbocycles. The van der Waals surface area contributed by atoms with Crippen molar-refractivity contribution in [2.45, 2.75) is 0 Å². The van der Waals surface area contributed by atoms with Gasteiger partial charge in [0.05, 0.1) is 24.4 Å². The molecule has 3 heterocycles. The fraction of sp³-hybridized carbons (Fsp3) is 0.308. The van der Waals surface area contributed by atoms with Crippen molar-refractivity contribution in [3.05, 3.63) is 40.6 Å². The van der Waals surface area contributed by atoms with Gasteiger partial charge in [-0.3, -0.25) is 9.20 Å². The summed E-state index contributed by atoms with van der Waals surface area (Å²) in [5.74, 6) is 0. The van der Waals surface area contributed by atoms with Crippen LogP contribution in [-0.4, -0.2) is 42.0 Å². The maximum atomic E-state index is 11.8. The molecule has 2 aromatic heterocycles. The SMILES string of the molecule is O=Cc1nc(=O)n2ccccc2c1N1CCOCC1. The Balaban J connectivity index is 2.28. The molecule has 0 saturated carbocycles. The van der Waals surface area contributed by atoms with E-state index in [1.165, 1.54) is 4.40 Å². The van der Waals surface area contributed by atoms with Crippen molar-refractivity contribution in [1.82, 2.24) is 9.38 Å². The van der Waals surface area contributed by atoms with Gasteiger partial charge in [0.1, 0.15) is 5.69 Å². The average Bonchev–Trinajstić information content (AvgIpc) is 2.48. The minimum Gasteiger partial charge on any atom is -0.378 e. The lowest BCUT2D eigenvalue weighted by atomic mass is 10.2. The molecule has 98 valence electrons. The van der Waals surface area contributed by atoms with Gasteiger partial charge in [0.2, 0.25) is 0 Å². The number of nitrogens with zero attached hydrogens (tertiary/aromatic N) is 3. The van der Waals surface area contributed by atoms with Gasteiger partial charge in [0.15, 0.2) is 6.29 Å². The number of morpholine rings is 1. The summed E-state index contributed by atoms with van der Waals surface area (Å²) >= 11 is 0. The van der Waals surface area contributed by atoms with E-state index in [1.54, 1.807) is 12.3 Å². The van der Waals surface area contributed by atoms with E-state index < -0.39 is 5.69 Å². The van der Waals surface area contributed by atoms with Crippen LogP contribution in [0.5, 0.6) is 0 Å². The molecule has 0 radical (unpaired) electrons. The average molecular weight is 259 g/mol. The molecule has 0 amide bonds. The molecule has 0 bridgehead atoms. The van der Waals surface area contributed by atoms with E-state index in [2.05, 4.69) is 4.98 Å². The third kappa shape index (κ3) is 2.00. The van der Waals surface area contributed by atoms with Gasteiger partial charge >= 0.3 is 5.69 Å². The highest BCUT2D eigenvalue weighted by atomic mass is 16.5. The van der Waals surface area contributed by atoms with Crippen LogP contribution in [0.25, 0.3) is 5.52 Å². The van der Waals surface area contributed by atoms with Gasteiger partial charge in [-0.2, -0.15) is 4.98 Å². The van der Waals surface area contributed by atoms with Crippen LogP contribution >= 0.6 is 0 Å². The van der Waals surface area contributed by atoms with Gasteiger partial charge in [0, 0.05) is 19.3 Å². The molecule has 0 unspecified atom stereocenters. The Labute approximate surface area is 109 Å². The summed E-state index contributed by atoms with van der Waals surface area (Å²) in [6, 6.07) is 5.42. The second kappa shape index (κ2) is 4.81. The van der Waals surface area contributed by atoms with E-state index >= 15 is 0 Å². The van der Waals surface area contributed by atoms with Crippen molar-refractivity contribution in [3.63, 3.8) is 0 Å². The van der Waals surface area contributed by atoms with Crippen LogP contribution in [0, 0.1) is 0 Å². The van der Waals surface area contributed by atoms with Crippen LogP contribution in [0.15, 0.2) is 29.2 Å². The predicted molar refractivity (Wildman–Crippen MR) is 69.9 cm³/mol. The molecule has 6 heteroatoms. The van der Waals surface area contributed by atoms with Crippen molar-refractivity contribution in [1.29, 1.82) is 0 Å². The maximum absolute atomic E-state index is 11.8. The number of rotatable bonds is 2. The highest BCUT2D eigenvalue weighted by Crippen LogP contribution is 2.23. The Morgan fingerprint density at radius 3 is 2.79 bits per heavy atom. The Morgan fingerprint density at radius 1 is 1.26 bits per heavy atom. The zero-order chi connectivity index (χ0) is 13.2. The lowest BCUT2D eigenvalue weighted by Crippen LogP contribution is -2.38. The topological polar surface area (TPSA) is 63.9 Å². The number of hydrogen-bond donors (Lipinski definition) is 0. The van der Waals surface area contributed by atoms with Gasteiger partial charge in [-0.05, 0) is 12.1 Å². The summed E-state index contributed by atoms with van der Waals surface area (Å²) in [6.07, 6.45) is 2.29. The van der Waals surface area contributed by atoms with E-state index in [4.69, 9.17) is 4.74 Å². The van der Waals surface area contributed by atoms with Crippen LogP contribution in [0.1, 0.15) is 10.5 Å². The summed E-state index contributed by atoms with van der Waals surface area (Å²) in [7, 11) is 0. The Morgan fingerprint density at radius 2 is 2.05 bits per heavy atom. The van der Waals surface area contributed by atoms with Crippen LogP contribution in [-0.2, 0) is 4.74 Å². The molecule has 1 aliphatic rings. The first-order valence-electron chi connectivity index (χ1n) is 6.10. The lowest BCUT2D eigenvalue weighted by Gasteiger charge is -2.30. The maximum Gasteiger partial charge on any atom is 0.352 e. The van der Waals surface area contributed by atoms with Crippen LogP contribution in [0.3, 0.4) is 0 Å². The van der Waals surface area contributed by atoms with Crippen LogP contribution in [0.4, 0.5) is 5.69 Å². The second-order valence-corrected chi connectivity index (χ2v) is 4.30. The highest BCUT2D eigenvalue weighted by Gasteiger charge is 2.19. The zero-order valence-corrected chi connectivity index (χ0v) is 10.3. The third-order valence-corrected chi connectivity index (χ3v) is 3.21. The van der Waals surface area contributed by atoms with Gasteiger partial charge in [-0.25, -0.2) is 4.79 Å². The molecule has 1 fully saturated rings. The Bertz CT molecular complexity index is 674. The minimum absolute atomic E-state index is 0.193. The predicted octanol–water partition coefficient (Wildman–Crippen LogP) is 0.344.